The van der Waals surface area contributed by atoms with Gasteiger partial charge in [-0.15, -0.1) is 0 Å². The van der Waals surface area contributed by atoms with E-state index in [1.165, 1.54) is 0 Å². The van der Waals surface area contributed by atoms with Crippen LogP contribution in [-0.4, -0.2) is 41.9 Å². The van der Waals surface area contributed by atoms with Crippen LogP contribution in [0, 0.1) is 0 Å². The molecular formula is C24H32N2O3. The molecule has 2 atom stereocenters. The maximum absolute atomic E-state index is 13.0. The Morgan fingerprint density at radius 2 is 1.59 bits per heavy atom. The molecule has 0 aromatic heterocycles. The first-order chi connectivity index (χ1) is 14.0. The molecule has 0 heterocycles. The largest absolute Gasteiger partial charge is 0.484 e. The summed E-state index contributed by atoms with van der Waals surface area (Å²) in [5.74, 6) is 0.347. The first-order valence-electron chi connectivity index (χ1n) is 10.4. The Morgan fingerprint density at radius 1 is 0.966 bits per heavy atom. The number of benzene rings is 2. The van der Waals surface area contributed by atoms with E-state index < -0.39 is 6.04 Å². The SMILES string of the molecule is CC[C@H](C)NC(=O)[C@H](CC)N(CCc1ccccc1)C(=O)COc1ccccc1. The average Bonchev–Trinajstić information content (AvgIpc) is 2.76. The summed E-state index contributed by atoms with van der Waals surface area (Å²) >= 11 is 0. The first kappa shape index (κ1) is 22.5. The Kier molecular flexibility index (Phi) is 9.22. The minimum Gasteiger partial charge on any atom is -0.484 e. The molecule has 2 aromatic rings. The fraction of sp³-hybridized carbons (Fsp3) is 0.417. The highest BCUT2D eigenvalue weighted by Crippen LogP contribution is 2.12. The van der Waals surface area contributed by atoms with E-state index >= 15 is 0 Å². The standard InChI is InChI=1S/C24H32N2O3/c1-4-19(3)25-24(28)22(5-2)26(17-16-20-12-8-6-9-13-20)23(27)18-29-21-14-10-7-11-15-21/h6-15,19,22H,4-5,16-18H2,1-3H3,(H,25,28)/t19-,22-/m0/s1. The molecule has 29 heavy (non-hydrogen) atoms. The van der Waals surface area contributed by atoms with Crippen LogP contribution in [0.4, 0.5) is 0 Å². The van der Waals surface area contributed by atoms with Crippen molar-refractivity contribution in [3.8, 4) is 5.75 Å². The molecule has 2 rings (SSSR count). The molecule has 5 nitrogen and oxygen atoms in total. The van der Waals surface area contributed by atoms with Gasteiger partial charge in [-0.2, -0.15) is 0 Å². The third-order valence-corrected chi connectivity index (χ3v) is 4.98. The monoisotopic (exact) mass is 396 g/mol. The van der Waals surface area contributed by atoms with Gasteiger partial charge in [-0.05, 0) is 43.9 Å². The molecule has 2 amide bonds. The third-order valence-electron chi connectivity index (χ3n) is 4.98. The van der Waals surface area contributed by atoms with Crippen LogP contribution in [0.1, 0.15) is 39.2 Å². The number of carbonyl (C=O) groups is 2. The van der Waals surface area contributed by atoms with Crippen LogP contribution in [0.2, 0.25) is 0 Å². The van der Waals surface area contributed by atoms with Crippen LogP contribution in [0.25, 0.3) is 0 Å². The average molecular weight is 397 g/mol. The van der Waals surface area contributed by atoms with Crippen molar-refractivity contribution in [3.63, 3.8) is 0 Å². The van der Waals surface area contributed by atoms with Crippen molar-refractivity contribution in [2.45, 2.75) is 52.1 Å². The van der Waals surface area contributed by atoms with Crippen LogP contribution >= 0.6 is 0 Å². The summed E-state index contributed by atoms with van der Waals surface area (Å²) in [6.07, 6.45) is 2.08. The number of nitrogens with one attached hydrogen (secondary N) is 1. The summed E-state index contributed by atoms with van der Waals surface area (Å²) in [6.45, 7) is 6.30. The lowest BCUT2D eigenvalue weighted by atomic mass is 10.1. The van der Waals surface area contributed by atoms with Gasteiger partial charge in [-0.25, -0.2) is 0 Å². The van der Waals surface area contributed by atoms with Crippen molar-refractivity contribution in [1.82, 2.24) is 10.2 Å². The first-order valence-corrected chi connectivity index (χ1v) is 10.4. The number of ether oxygens (including phenoxy) is 1. The smallest absolute Gasteiger partial charge is 0.261 e. The molecule has 1 N–H and O–H groups in total. The van der Waals surface area contributed by atoms with Gasteiger partial charge in [0.15, 0.2) is 6.61 Å². The van der Waals surface area contributed by atoms with E-state index in [4.69, 9.17) is 4.74 Å². The van der Waals surface area contributed by atoms with E-state index in [0.717, 1.165) is 12.0 Å². The highest BCUT2D eigenvalue weighted by molar-refractivity contribution is 5.88. The summed E-state index contributed by atoms with van der Waals surface area (Å²) in [4.78, 5) is 27.5. The Labute approximate surface area is 174 Å². The second-order valence-electron chi connectivity index (χ2n) is 7.17. The zero-order valence-corrected chi connectivity index (χ0v) is 17.6. The Balaban J connectivity index is 2.11. The number of para-hydroxylation sites is 1. The molecule has 0 aliphatic heterocycles. The van der Waals surface area contributed by atoms with E-state index in [9.17, 15) is 9.59 Å². The molecule has 0 spiro atoms. The molecule has 0 fully saturated rings. The molecule has 2 aromatic carbocycles. The van der Waals surface area contributed by atoms with E-state index in [0.29, 0.717) is 25.1 Å². The number of rotatable bonds is 11. The highest BCUT2D eigenvalue weighted by atomic mass is 16.5. The molecule has 0 bridgehead atoms. The van der Waals surface area contributed by atoms with Crippen molar-refractivity contribution in [3.05, 3.63) is 66.2 Å². The molecule has 0 saturated heterocycles. The lowest BCUT2D eigenvalue weighted by Crippen LogP contribution is -2.52. The topological polar surface area (TPSA) is 58.6 Å². The van der Waals surface area contributed by atoms with Gasteiger partial charge < -0.3 is 15.0 Å². The van der Waals surface area contributed by atoms with Crippen LogP contribution < -0.4 is 10.1 Å². The minimum atomic E-state index is -0.514. The summed E-state index contributed by atoms with van der Waals surface area (Å²) < 4.78 is 5.65. The second kappa shape index (κ2) is 11.9. The van der Waals surface area contributed by atoms with Crippen LogP contribution in [-0.2, 0) is 16.0 Å². The summed E-state index contributed by atoms with van der Waals surface area (Å²) in [7, 11) is 0. The van der Waals surface area contributed by atoms with Crippen molar-refractivity contribution in [1.29, 1.82) is 0 Å². The Hall–Kier alpha value is -2.82. The number of amides is 2. The molecule has 0 aliphatic rings. The van der Waals surface area contributed by atoms with E-state index in [1.54, 1.807) is 4.90 Å². The summed E-state index contributed by atoms with van der Waals surface area (Å²) in [5, 5.41) is 3.01. The number of carbonyl (C=O) groups excluding carboxylic acids is 2. The van der Waals surface area contributed by atoms with E-state index in [-0.39, 0.29) is 24.5 Å². The van der Waals surface area contributed by atoms with Gasteiger partial charge in [-0.1, -0.05) is 62.4 Å². The lowest BCUT2D eigenvalue weighted by molar-refractivity contribution is -0.142. The predicted octanol–water partition coefficient (Wildman–Crippen LogP) is 3.83. The third kappa shape index (κ3) is 7.26. The van der Waals surface area contributed by atoms with Crippen molar-refractivity contribution in [2.75, 3.05) is 13.2 Å². The summed E-state index contributed by atoms with van der Waals surface area (Å²) in [6, 6.07) is 18.8. The van der Waals surface area contributed by atoms with Crippen molar-refractivity contribution < 1.29 is 14.3 Å². The van der Waals surface area contributed by atoms with Crippen molar-refractivity contribution >= 4 is 11.8 Å². The maximum atomic E-state index is 13.0. The zero-order valence-electron chi connectivity index (χ0n) is 17.6. The predicted molar refractivity (Wildman–Crippen MR) is 116 cm³/mol. The maximum Gasteiger partial charge on any atom is 0.261 e. The van der Waals surface area contributed by atoms with E-state index in [2.05, 4.69) is 5.32 Å². The molecule has 156 valence electrons. The van der Waals surface area contributed by atoms with E-state index in [1.807, 2.05) is 81.4 Å². The minimum absolute atomic E-state index is 0.0724. The summed E-state index contributed by atoms with van der Waals surface area (Å²) in [5.41, 5.74) is 1.13. The van der Waals surface area contributed by atoms with Crippen molar-refractivity contribution in [2.24, 2.45) is 0 Å². The number of hydrogen-bond donors (Lipinski definition) is 1. The molecule has 0 unspecified atom stereocenters. The van der Waals surface area contributed by atoms with Gasteiger partial charge in [0.05, 0.1) is 0 Å². The zero-order chi connectivity index (χ0) is 21.1. The van der Waals surface area contributed by atoms with Gasteiger partial charge in [-0.3, -0.25) is 9.59 Å². The Morgan fingerprint density at radius 3 is 2.17 bits per heavy atom. The van der Waals surface area contributed by atoms with Gasteiger partial charge in [0.2, 0.25) is 5.91 Å². The van der Waals surface area contributed by atoms with Gasteiger partial charge >= 0.3 is 0 Å². The number of hydrogen-bond acceptors (Lipinski definition) is 3. The lowest BCUT2D eigenvalue weighted by Gasteiger charge is -2.31. The molecular weight excluding hydrogens is 364 g/mol. The fourth-order valence-electron chi connectivity index (χ4n) is 3.08. The van der Waals surface area contributed by atoms with Gasteiger partial charge in [0, 0.05) is 12.6 Å². The molecule has 5 heteroatoms. The molecule has 0 saturated carbocycles. The quantitative estimate of drug-likeness (QED) is 0.628. The number of nitrogens with zero attached hydrogens (tertiary/aromatic N) is 1. The van der Waals surface area contributed by atoms with Crippen LogP contribution in [0.5, 0.6) is 5.75 Å². The highest BCUT2D eigenvalue weighted by Gasteiger charge is 2.29. The van der Waals surface area contributed by atoms with Gasteiger partial charge in [0.1, 0.15) is 11.8 Å². The molecule has 0 radical (unpaired) electrons. The normalized spacial score (nSPS) is 12.7. The van der Waals surface area contributed by atoms with Gasteiger partial charge in [0.25, 0.3) is 5.91 Å². The fourth-order valence-corrected chi connectivity index (χ4v) is 3.08. The second-order valence-corrected chi connectivity index (χ2v) is 7.17. The Bertz CT molecular complexity index is 749. The van der Waals surface area contributed by atoms with Crippen LogP contribution in [0.15, 0.2) is 60.7 Å². The van der Waals surface area contributed by atoms with Crippen LogP contribution in [0.3, 0.4) is 0 Å². The molecule has 0 aliphatic carbocycles.